The van der Waals surface area contributed by atoms with Gasteiger partial charge in [0.15, 0.2) is 17.7 Å². The van der Waals surface area contributed by atoms with Gasteiger partial charge in [-0.2, -0.15) is 0 Å². The van der Waals surface area contributed by atoms with Gasteiger partial charge in [0.2, 0.25) is 5.91 Å². The lowest BCUT2D eigenvalue weighted by atomic mass is 10.1. The third kappa shape index (κ3) is 6.06. The van der Waals surface area contributed by atoms with E-state index in [0.29, 0.717) is 42.7 Å². The van der Waals surface area contributed by atoms with Crippen LogP contribution < -0.4 is 17.2 Å². The van der Waals surface area contributed by atoms with Crippen LogP contribution in [0.4, 0.5) is 5.82 Å². The number of hydrogen-bond donors (Lipinski definition) is 6. The molecule has 1 fully saturated rings. The predicted molar refractivity (Wildman–Crippen MR) is 136 cm³/mol. The molecule has 1 aromatic carbocycles. The largest absolute Gasteiger partial charge is 0.480 e. The molecule has 4 rings (SSSR count). The maximum Gasteiger partial charge on any atom is 0.320 e. The number of carbonyl (C=O) groups excluding carboxylic acids is 1. The molecule has 38 heavy (non-hydrogen) atoms. The van der Waals surface area contributed by atoms with Gasteiger partial charge >= 0.3 is 5.97 Å². The molecule has 0 unspecified atom stereocenters. The van der Waals surface area contributed by atoms with E-state index in [1.165, 1.54) is 17.2 Å². The number of aliphatic hydroxyl groups excluding tert-OH is 2. The molecule has 1 amide bonds. The van der Waals surface area contributed by atoms with Crippen molar-refractivity contribution in [3.8, 4) is 0 Å². The summed E-state index contributed by atoms with van der Waals surface area (Å²) < 4.78 is 7.55. The average molecular weight is 529 g/mol. The van der Waals surface area contributed by atoms with Crippen molar-refractivity contribution in [3.63, 3.8) is 0 Å². The minimum atomic E-state index is -1.27. The van der Waals surface area contributed by atoms with Crippen molar-refractivity contribution in [1.82, 2.24) is 24.4 Å². The highest BCUT2D eigenvalue weighted by atomic mass is 16.6. The number of aliphatic carboxylic acids is 1. The number of carbonyl (C=O) groups is 2. The van der Waals surface area contributed by atoms with Crippen molar-refractivity contribution in [2.45, 2.75) is 49.8 Å². The third-order valence-electron chi connectivity index (χ3n) is 6.66. The fraction of sp³-hybridized carbons (Fsp3) is 0.458. The molecule has 204 valence electrons. The fourth-order valence-electron chi connectivity index (χ4n) is 4.55. The summed E-state index contributed by atoms with van der Waals surface area (Å²) in [5, 5.41) is 30.8. The average Bonchev–Trinajstić information content (AvgIpc) is 3.44. The SMILES string of the molecule is NC(=O)c1cccc(CCCN(CC[C@H](N)C(=O)O)C[C@H]2O[C@H](n3cnc4c(N)ncnc43)[C@H](O)[C@@H]2O)c1. The van der Waals surface area contributed by atoms with E-state index in [-0.39, 0.29) is 18.8 Å². The van der Waals surface area contributed by atoms with Gasteiger partial charge in [0.25, 0.3) is 0 Å². The molecule has 9 N–H and O–H groups in total. The Bertz CT molecular complexity index is 1290. The minimum Gasteiger partial charge on any atom is -0.480 e. The van der Waals surface area contributed by atoms with E-state index in [9.17, 15) is 24.9 Å². The number of rotatable bonds is 12. The number of nitrogens with zero attached hydrogens (tertiary/aromatic N) is 5. The molecule has 3 heterocycles. The van der Waals surface area contributed by atoms with Gasteiger partial charge in [-0.1, -0.05) is 12.1 Å². The zero-order valence-electron chi connectivity index (χ0n) is 20.6. The highest BCUT2D eigenvalue weighted by Gasteiger charge is 2.44. The van der Waals surface area contributed by atoms with E-state index in [1.807, 2.05) is 11.0 Å². The molecule has 5 atom stereocenters. The molecule has 1 saturated heterocycles. The molecule has 0 radical (unpaired) electrons. The minimum absolute atomic E-state index is 0.181. The van der Waals surface area contributed by atoms with E-state index >= 15 is 0 Å². The smallest absolute Gasteiger partial charge is 0.320 e. The van der Waals surface area contributed by atoms with Crippen molar-refractivity contribution in [2.75, 3.05) is 25.4 Å². The van der Waals surface area contributed by atoms with Crippen LogP contribution in [0.15, 0.2) is 36.9 Å². The normalized spacial score (nSPS) is 22.2. The number of nitrogens with two attached hydrogens (primary N) is 3. The molecule has 1 aliphatic heterocycles. The predicted octanol–water partition coefficient (Wildman–Crippen LogP) is -1.14. The number of ether oxygens (including phenoxy) is 1. The Hall–Kier alpha value is -3.69. The summed E-state index contributed by atoms with van der Waals surface area (Å²) in [7, 11) is 0. The van der Waals surface area contributed by atoms with Crippen molar-refractivity contribution >= 4 is 28.9 Å². The number of amides is 1. The molecule has 0 spiro atoms. The van der Waals surface area contributed by atoms with E-state index in [4.69, 9.17) is 21.9 Å². The maximum absolute atomic E-state index is 11.5. The van der Waals surface area contributed by atoms with Crippen molar-refractivity contribution < 1.29 is 29.6 Å². The van der Waals surface area contributed by atoms with Crippen molar-refractivity contribution in [2.24, 2.45) is 11.5 Å². The van der Waals surface area contributed by atoms with Crippen LogP contribution in [0.5, 0.6) is 0 Å². The Morgan fingerprint density at radius 1 is 1.16 bits per heavy atom. The van der Waals surface area contributed by atoms with Gasteiger partial charge in [-0.3, -0.25) is 14.2 Å². The Balaban J connectivity index is 1.44. The molecule has 1 aliphatic rings. The first-order chi connectivity index (χ1) is 18.2. The second kappa shape index (κ2) is 11.8. The van der Waals surface area contributed by atoms with Gasteiger partial charge in [-0.05, 0) is 43.5 Å². The summed E-state index contributed by atoms with van der Waals surface area (Å²) in [4.78, 5) is 36.9. The summed E-state index contributed by atoms with van der Waals surface area (Å²) in [5.41, 5.74) is 19.0. The van der Waals surface area contributed by atoms with Crippen molar-refractivity contribution in [3.05, 3.63) is 48.0 Å². The van der Waals surface area contributed by atoms with Crippen LogP contribution in [0.1, 0.15) is 35.0 Å². The zero-order chi connectivity index (χ0) is 27.4. The number of imidazole rings is 1. The number of hydrogen-bond acceptors (Lipinski definition) is 11. The third-order valence-corrected chi connectivity index (χ3v) is 6.66. The lowest BCUT2D eigenvalue weighted by Gasteiger charge is -2.27. The van der Waals surface area contributed by atoms with Crippen LogP contribution in [0.3, 0.4) is 0 Å². The zero-order valence-corrected chi connectivity index (χ0v) is 20.6. The quantitative estimate of drug-likeness (QED) is 0.164. The molecule has 14 heteroatoms. The maximum atomic E-state index is 11.5. The Morgan fingerprint density at radius 2 is 1.95 bits per heavy atom. The monoisotopic (exact) mass is 528 g/mol. The Labute approximate surface area is 218 Å². The fourth-order valence-corrected chi connectivity index (χ4v) is 4.55. The first-order valence-electron chi connectivity index (χ1n) is 12.2. The number of carboxylic acid groups (broad SMARTS) is 1. The van der Waals surface area contributed by atoms with Crippen LogP contribution in [0, 0.1) is 0 Å². The number of benzene rings is 1. The number of aliphatic hydroxyl groups is 2. The second-order valence-corrected chi connectivity index (χ2v) is 9.33. The van der Waals surface area contributed by atoms with Crippen LogP contribution >= 0.6 is 0 Å². The Kier molecular flexibility index (Phi) is 8.48. The van der Waals surface area contributed by atoms with E-state index in [0.717, 1.165) is 5.56 Å². The number of carboxylic acids is 1. The standard InChI is InChI=1S/C24H32N8O6/c25-15(24(36)37)6-8-31(7-2-4-13-3-1-5-14(9-13)21(27)35)10-16-18(33)19(34)23(38-16)32-12-30-17-20(26)28-11-29-22(17)32/h1,3,5,9,11-12,15-16,18-19,23,33-34H,2,4,6-8,10,25H2,(H2,27,35)(H,36,37)(H2,26,28,29)/t15-,16+,18+,19+,23-/m0/s1. The molecule has 2 aromatic heterocycles. The lowest BCUT2D eigenvalue weighted by Crippen LogP contribution is -2.43. The van der Waals surface area contributed by atoms with E-state index < -0.39 is 42.5 Å². The van der Waals surface area contributed by atoms with Gasteiger partial charge < -0.3 is 42.2 Å². The summed E-state index contributed by atoms with van der Waals surface area (Å²) in [6.07, 6.45) is -0.0529. The van der Waals surface area contributed by atoms with Gasteiger partial charge in [0, 0.05) is 18.7 Å². The summed E-state index contributed by atoms with van der Waals surface area (Å²) in [6, 6.07) is 6.01. The topological polar surface area (TPSA) is 229 Å². The van der Waals surface area contributed by atoms with Crippen LogP contribution in [-0.2, 0) is 16.0 Å². The highest BCUT2D eigenvalue weighted by Crippen LogP contribution is 2.32. The molecule has 0 bridgehead atoms. The molecule has 0 saturated carbocycles. The lowest BCUT2D eigenvalue weighted by molar-refractivity contribution is -0.138. The first kappa shape index (κ1) is 27.3. The van der Waals surface area contributed by atoms with Gasteiger partial charge in [-0.15, -0.1) is 0 Å². The number of primary amides is 1. The van der Waals surface area contributed by atoms with Crippen molar-refractivity contribution in [1.29, 1.82) is 0 Å². The van der Waals surface area contributed by atoms with Crippen LogP contribution in [0.25, 0.3) is 11.2 Å². The molecular formula is C24H32N8O6. The molecular weight excluding hydrogens is 496 g/mol. The number of aryl methyl sites for hydroxylation is 1. The number of anilines is 1. The molecule has 3 aromatic rings. The summed E-state index contributed by atoms with van der Waals surface area (Å²) in [5.74, 6) is -1.42. The van der Waals surface area contributed by atoms with Crippen LogP contribution in [-0.4, -0.2) is 95.6 Å². The van der Waals surface area contributed by atoms with Gasteiger partial charge in [0.1, 0.15) is 36.2 Å². The van der Waals surface area contributed by atoms with E-state index in [1.54, 1.807) is 18.2 Å². The number of fused-ring (bicyclic) bond motifs is 1. The highest BCUT2D eigenvalue weighted by molar-refractivity contribution is 5.92. The Morgan fingerprint density at radius 3 is 2.68 bits per heavy atom. The number of nitrogen functional groups attached to an aromatic ring is 1. The molecule has 0 aliphatic carbocycles. The second-order valence-electron chi connectivity index (χ2n) is 9.33. The summed E-state index contributed by atoms with van der Waals surface area (Å²) in [6.45, 7) is 1.07. The van der Waals surface area contributed by atoms with E-state index in [2.05, 4.69) is 15.0 Å². The summed E-state index contributed by atoms with van der Waals surface area (Å²) >= 11 is 0. The van der Waals surface area contributed by atoms with Gasteiger partial charge in [0.05, 0.1) is 6.33 Å². The molecule has 14 nitrogen and oxygen atoms in total. The van der Waals surface area contributed by atoms with Gasteiger partial charge in [-0.25, -0.2) is 15.0 Å². The number of aromatic nitrogens is 4. The van der Waals surface area contributed by atoms with Crippen LogP contribution in [0.2, 0.25) is 0 Å². The first-order valence-corrected chi connectivity index (χ1v) is 12.2.